The van der Waals surface area contributed by atoms with Crippen LogP contribution in [0.3, 0.4) is 0 Å². The summed E-state index contributed by atoms with van der Waals surface area (Å²) in [5.74, 6) is -2.24. The van der Waals surface area contributed by atoms with Crippen LogP contribution in [0.1, 0.15) is 97.8 Å². The van der Waals surface area contributed by atoms with Crippen LogP contribution < -0.4 is 10.6 Å². The SMILES string of the molecule is O=C1CCC(N2C(=O)c3ccc(F)c(SCCCCCCCNC4CC5(CCC5)C4)c3C2=O)C(=O)N1. The third kappa shape index (κ3) is 4.96. The second kappa shape index (κ2) is 10.6. The Morgan fingerprint density at radius 2 is 1.78 bits per heavy atom. The molecule has 2 saturated carbocycles. The topological polar surface area (TPSA) is 95.6 Å². The number of nitrogens with one attached hydrogen (secondary N) is 2. The highest BCUT2D eigenvalue weighted by molar-refractivity contribution is 7.99. The van der Waals surface area contributed by atoms with Crippen LogP contribution in [0.2, 0.25) is 0 Å². The number of carbonyl (C=O) groups excluding carboxylic acids is 4. The Hall–Kier alpha value is -2.26. The first kappa shape index (κ1) is 25.4. The number of benzene rings is 1. The van der Waals surface area contributed by atoms with Crippen molar-refractivity contribution in [1.29, 1.82) is 0 Å². The molecule has 194 valence electrons. The van der Waals surface area contributed by atoms with E-state index in [1.807, 2.05) is 0 Å². The molecule has 4 aliphatic rings. The van der Waals surface area contributed by atoms with Gasteiger partial charge in [0, 0.05) is 12.5 Å². The molecule has 0 aromatic heterocycles. The van der Waals surface area contributed by atoms with Crippen LogP contribution in [0.25, 0.3) is 0 Å². The number of fused-ring (bicyclic) bond motifs is 1. The molecule has 9 heteroatoms. The van der Waals surface area contributed by atoms with E-state index in [1.54, 1.807) is 0 Å². The lowest BCUT2D eigenvalue weighted by atomic mass is 9.54. The van der Waals surface area contributed by atoms with Crippen LogP contribution in [0.5, 0.6) is 0 Å². The number of hydrogen-bond acceptors (Lipinski definition) is 6. The zero-order valence-corrected chi connectivity index (χ0v) is 21.4. The normalized spacial score (nSPS) is 23.0. The molecule has 1 atom stereocenters. The predicted molar refractivity (Wildman–Crippen MR) is 134 cm³/mol. The molecule has 2 heterocycles. The number of piperidine rings is 1. The van der Waals surface area contributed by atoms with Crippen LogP contribution in [-0.2, 0) is 9.59 Å². The van der Waals surface area contributed by atoms with Gasteiger partial charge < -0.3 is 5.32 Å². The summed E-state index contributed by atoms with van der Waals surface area (Å²) in [6, 6.07) is 2.20. The predicted octanol–water partition coefficient (Wildman–Crippen LogP) is 4.19. The molecular weight excluding hydrogens is 481 g/mol. The van der Waals surface area contributed by atoms with Gasteiger partial charge in [-0.15, -0.1) is 11.8 Å². The van der Waals surface area contributed by atoms with Gasteiger partial charge in [-0.1, -0.05) is 25.7 Å². The summed E-state index contributed by atoms with van der Waals surface area (Å²) < 4.78 is 14.7. The summed E-state index contributed by atoms with van der Waals surface area (Å²) in [5.41, 5.74) is 0.880. The van der Waals surface area contributed by atoms with Crippen molar-refractivity contribution in [3.05, 3.63) is 29.1 Å². The minimum atomic E-state index is -1.05. The third-order valence-electron chi connectivity index (χ3n) is 8.29. The van der Waals surface area contributed by atoms with Gasteiger partial charge in [-0.05, 0) is 74.8 Å². The fourth-order valence-corrected chi connectivity index (χ4v) is 7.20. The quantitative estimate of drug-likeness (QED) is 0.261. The van der Waals surface area contributed by atoms with E-state index < -0.39 is 35.5 Å². The molecule has 2 aliphatic carbocycles. The Balaban J connectivity index is 1.05. The second-order valence-electron chi connectivity index (χ2n) is 10.8. The molecule has 1 aromatic carbocycles. The van der Waals surface area contributed by atoms with Crippen LogP contribution in [0, 0.1) is 11.2 Å². The molecule has 0 radical (unpaired) electrons. The number of amides is 4. The maximum atomic E-state index is 14.7. The summed E-state index contributed by atoms with van der Waals surface area (Å²) in [6.45, 7) is 1.08. The summed E-state index contributed by atoms with van der Waals surface area (Å²) in [7, 11) is 0. The van der Waals surface area contributed by atoms with Gasteiger partial charge in [0.15, 0.2) is 0 Å². The molecule has 4 amide bonds. The van der Waals surface area contributed by atoms with Crippen LogP contribution in [0.15, 0.2) is 17.0 Å². The van der Waals surface area contributed by atoms with Crippen molar-refractivity contribution in [1.82, 2.24) is 15.5 Å². The van der Waals surface area contributed by atoms with Gasteiger partial charge in [0.1, 0.15) is 11.9 Å². The molecule has 1 unspecified atom stereocenters. The van der Waals surface area contributed by atoms with Crippen LogP contribution >= 0.6 is 11.8 Å². The molecule has 1 saturated heterocycles. The van der Waals surface area contributed by atoms with Crippen molar-refractivity contribution in [2.24, 2.45) is 5.41 Å². The minimum absolute atomic E-state index is 0.0421. The Bertz CT molecular complexity index is 1070. The van der Waals surface area contributed by atoms with E-state index in [0.29, 0.717) is 5.75 Å². The highest BCUT2D eigenvalue weighted by atomic mass is 32.2. The number of rotatable bonds is 11. The first-order valence-corrected chi connectivity index (χ1v) is 14.3. The highest BCUT2D eigenvalue weighted by Crippen LogP contribution is 2.55. The number of hydrogen-bond donors (Lipinski definition) is 2. The number of unbranched alkanes of at least 4 members (excludes halogenated alkanes) is 4. The summed E-state index contributed by atoms with van der Waals surface area (Å²) in [5, 5.41) is 5.86. The molecule has 0 bridgehead atoms. The van der Waals surface area contributed by atoms with Gasteiger partial charge in [-0.25, -0.2) is 4.39 Å². The maximum Gasteiger partial charge on any atom is 0.263 e. The van der Waals surface area contributed by atoms with Gasteiger partial charge >= 0.3 is 0 Å². The van der Waals surface area contributed by atoms with Gasteiger partial charge in [-0.3, -0.25) is 29.4 Å². The van der Waals surface area contributed by atoms with Crippen LogP contribution in [0.4, 0.5) is 4.39 Å². The summed E-state index contributed by atoms with van der Waals surface area (Å²) >= 11 is 1.26. The van der Waals surface area contributed by atoms with E-state index in [4.69, 9.17) is 0 Å². The first-order chi connectivity index (χ1) is 17.4. The molecular formula is C27H34FN3O4S. The van der Waals surface area contributed by atoms with Crippen molar-refractivity contribution >= 4 is 35.4 Å². The van der Waals surface area contributed by atoms with Gasteiger partial charge in [0.25, 0.3) is 11.8 Å². The first-order valence-electron chi connectivity index (χ1n) is 13.3. The summed E-state index contributed by atoms with van der Waals surface area (Å²) in [4.78, 5) is 50.8. The zero-order valence-electron chi connectivity index (χ0n) is 20.6. The van der Waals surface area contributed by atoms with Crippen molar-refractivity contribution < 1.29 is 23.6 Å². The highest BCUT2D eigenvalue weighted by Gasteiger charge is 2.48. The standard InChI is InChI=1S/C27H34FN3O4S/c28-19-8-7-18-22(26(35)31(25(18)34)20-9-10-21(32)30-24(20)33)23(19)36-14-5-3-1-2-4-13-29-17-15-27(16-17)11-6-12-27/h7-8,17,20,29H,1-6,9-16H2,(H,30,32,33). The molecule has 3 fully saturated rings. The molecule has 1 aromatic rings. The fourth-order valence-electron chi connectivity index (χ4n) is 6.10. The number of thioether (sulfide) groups is 1. The Morgan fingerprint density at radius 1 is 1.03 bits per heavy atom. The maximum absolute atomic E-state index is 14.7. The van der Waals surface area contributed by atoms with E-state index in [0.717, 1.165) is 42.2 Å². The molecule has 7 nitrogen and oxygen atoms in total. The zero-order chi connectivity index (χ0) is 25.3. The third-order valence-corrected chi connectivity index (χ3v) is 9.47. The van der Waals surface area contributed by atoms with Crippen molar-refractivity contribution in [2.45, 2.75) is 94.0 Å². The Labute approximate surface area is 215 Å². The monoisotopic (exact) mass is 515 g/mol. The minimum Gasteiger partial charge on any atom is -0.314 e. The van der Waals surface area contributed by atoms with Gasteiger partial charge in [-0.2, -0.15) is 0 Å². The van der Waals surface area contributed by atoms with Gasteiger partial charge in [0.05, 0.1) is 16.0 Å². The number of imide groups is 2. The van der Waals surface area contributed by atoms with Crippen molar-refractivity contribution in [2.75, 3.05) is 12.3 Å². The average molecular weight is 516 g/mol. The largest absolute Gasteiger partial charge is 0.314 e. The molecule has 1 spiro atoms. The number of carbonyl (C=O) groups is 4. The molecule has 2 N–H and O–H groups in total. The van der Waals surface area contributed by atoms with Crippen molar-refractivity contribution in [3.63, 3.8) is 0 Å². The van der Waals surface area contributed by atoms with E-state index in [9.17, 15) is 23.6 Å². The smallest absolute Gasteiger partial charge is 0.263 e. The van der Waals surface area contributed by atoms with E-state index in [-0.39, 0.29) is 28.9 Å². The van der Waals surface area contributed by atoms with Crippen LogP contribution in [-0.4, -0.2) is 52.9 Å². The second-order valence-corrected chi connectivity index (χ2v) is 11.9. The number of halogens is 1. The fraction of sp³-hybridized carbons (Fsp3) is 0.630. The summed E-state index contributed by atoms with van der Waals surface area (Å²) in [6.07, 6.45) is 12.5. The Kier molecular flexibility index (Phi) is 7.49. The Morgan fingerprint density at radius 3 is 2.50 bits per heavy atom. The van der Waals surface area contributed by atoms with E-state index in [1.165, 1.54) is 68.8 Å². The lowest BCUT2D eigenvalue weighted by Gasteiger charge is -2.54. The number of nitrogens with zero attached hydrogens (tertiary/aromatic N) is 1. The molecule has 5 rings (SSSR count). The van der Waals surface area contributed by atoms with E-state index >= 15 is 0 Å². The lowest BCUT2D eigenvalue weighted by molar-refractivity contribution is -0.136. The average Bonchev–Trinajstić information content (AvgIpc) is 3.04. The lowest BCUT2D eigenvalue weighted by Crippen LogP contribution is -2.54. The molecule has 2 aliphatic heterocycles. The van der Waals surface area contributed by atoms with Gasteiger partial charge in [0.2, 0.25) is 11.8 Å². The van der Waals surface area contributed by atoms with E-state index in [2.05, 4.69) is 10.6 Å². The van der Waals surface area contributed by atoms with Crippen molar-refractivity contribution in [3.8, 4) is 0 Å². The molecule has 36 heavy (non-hydrogen) atoms.